The van der Waals surface area contributed by atoms with Crippen LogP contribution in [0.3, 0.4) is 0 Å². The summed E-state index contributed by atoms with van der Waals surface area (Å²) in [6, 6.07) is 14.7. The Morgan fingerprint density at radius 1 is 1.19 bits per heavy atom. The van der Waals surface area contributed by atoms with Crippen molar-refractivity contribution in [2.24, 2.45) is 5.73 Å². The zero-order valence-corrected chi connectivity index (χ0v) is 16.7. The Bertz CT molecular complexity index is 932. The largest absolute Gasteiger partial charge is 0.487 e. The molecule has 0 bridgehead atoms. The predicted octanol–water partition coefficient (Wildman–Crippen LogP) is 4.55. The maximum absolute atomic E-state index is 12.6. The van der Waals surface area contributed by atoms with Crippen LogP contribution in [0.1, 0.15) is 30.0 Å². The van der Waals surface area contributed by atoms with Crippen molar-refractivity contribution in [3.63, 3.8) is 0 Å². The predicted molar refractivity (Wildman–Crippen MR) is 110 cm³/mol. The molecule has 0 aliphatic carbocycles. The van der Waals surface area contributed by atoms with E-state index in [2.05, 4.69) is 5.32 Å². The summed E-state index contributed by atoms with van der Waals surface area (Å²) in [6.45, 7) is 4.17. The fraction of sp³-hybridized carbons (Fsp3) is 0.250. The quantitative estimate of drug-likeness (QED) is 0.626. The Balaban J connectivity index is 0.00000261. The van der Waals surface area contributed by atoms with Crippen molar-refractivity contribution < 1.29 is 13.9 Å². The Morgan fingerprint density at radius 3 is 2.56 bits per heavy atom. The first-order chi connectivity index (χ1) is 12.3. The molecule has 0 atom stereocenters. The van der Waals surface area contributed by atoms with E-state index in [0.29, 0.717) is 28.5 Å². The van der Waals surface area contributed by atoms with Crippen molar-refractivity contribution in [3.8, 4) is 5.75 Å². The van der Waals surface area contributed by atoms with Crippen LogP contribution in [0.5, 0.6) is 5.75 Å². The van der Waals surface area contributed by atoms with Crippen LogP contribution in [0.15, 0.2) is 52.9 Å². The second-order valence-electron chi connectivity index (χ2n) is 6.80. The van der Waals surface area contributed by atoms with E-state index in [1.165, 1.54) is 0 Å². The summed E-state index contributed by atoms with van der Waals surface area (Å²) in [5, 5.41) is 4.15. The minimum Gasteiger partial charge on any atom is -0.487 e. The van der Waals surface area contributed by atoms with Crippen LogP contribution >= 0.6 is 24.0 Å². The highest BCUT2D eigenvalue weighted by atomic mass is 35.5. The molecule has 3 N–H and O–H groups in total. The van der Waals surface area contributed by atoms with E-state index in [9.17, 15) is 4.79 Å². The lowest BCUT2D eigenvalue weighted by atomic mass is 10.1. The number of ether oxygens (including phenoxy) is 1. The van der Waals surface area contributed by atoms with Crippen LogP contribution in [-0.2, 0) is 6.61 Å². The summed E-state index contributed by atoms with van der Waals surface area (Å²) in [4.78, 5) is 12.6. The number of nitrogens with two attached hydrogens (primary N) is 1. The van der Waals surface area contributed by atoms with E-state index < -0.39 is 5.54 Å². The van der Waals surface area contributed by atoms with Crippen molar-refractivity contribution in [3.05, 3.63) is 64.9 Å². The van der Waals surface area contributed by atoms with Gasteiger partial charge in [-0.2, -0.15) is 0 Å². The van der Waals surface area contributed by atoms with Gasteiger partial charge in [-0.3, -0.25) is 4.79 Å². The third kappa shape index (κ3) is 5.16. The molecular formula is C20H22Cl2N2O3. The van der Waals surface area contributed by atoms with Crippen molar-refractivity contribution in [1.82, 2.24) is 5.32 Å². The van der Waals surface area contributed by atoms with Gasteiger partial charge in [0.25, 0.3) is 5.91 Å². The SMILES string of the molecule is CC(C)(N)CNC(=O)c1oc2ccccc2c1COc1ccccc1Cl.Cl. The van der Waals surface area contributed by atoms with Crippen molar-refractivity contribution >= 4 is 40.9 Å². The molecule has 5 nitrogen and oxygen atoms in total. The number of nitrogens with one attached hydrogen (secondary N) is 1. The second-order valence-corrected chi connectivity index (χ2v) is 7.20. The molecule has 27 heavy (non-hydrogen) atoms. The smallest absolute Gasteiger partial charge is 0.287 e. The summed E-state index contributed by atoms with van der Waals surface area (Å²) in [6.07, 6.45) is 0. The summed E-state index contributed by atoms with van der Waals surface area (Å²) in [5.74, 6) is 0.453. The number of fused-ring (bicyclic) bond motifs is 1. The highest BCUT2D eigenvalue weighted by molar-refractivity contribution is 6.32. The topological polar surface area (TPSA) is 77.5 Å². The molecule has 0 saturated carbocycles. The molecule has 0 unspecified atom stereocenters. The number of benzene rings is 2. The van der Waals surface area contributed by atoms with Crippen molar-refractivity contribution in [1.29, 1.82) is 0 Å². The molecule has 144 valence electrons. The Hall–Kier alpha value is -2.21. The second kappa shape index (κ2) is 8.65. The molecule has 0 radical (unpaired) electrons. The van der Waals surface area contributed by atoms with Gasteiger partial charge in [-0.25, -0.2) is 0 Å². The first-order valence-corrected chi connectivity index (χ1v) is 8.68. The number of amides is 1. The molecule has 3 aromatic rings. The highest BCUT2D eigenvalue weighted by Crippen LogP contribution is 2.29. The molecule has 0 fully saturated rings. The van der Waals surface area contributed by atoms with Gasteiger partial charge in [-0.15, -0.1) is 12.4 Å². The van der Waals surface area contributed by atoms with Gasteiger partial charge in [0, 0.05) is 23.0 Å². The van der Waals surface area contributed by atoms with E-state index in [1.807, 2.05) is 50.2 Å². The minimum atomic E-state index is -0.518. The van der Waals surface area contributed by atoms with Gasteiger partial charge in [-0.1, -0.05) is 41.9 Å². The van der Waals surface area contributed by atoms with E-state index in [0.717, 1.165) is 5.39 Å². The summed E-state index contributed by atoms with van der Waals surface area (Å²) in [7, 11) is 0. The first kappa shape index (κ1) is 21.1. The third-order valence-corrected chi connectivity index (χ3v) is 4.13. The molecule has 1 amide bonds. The van der Waals surface area contributed by atoms with E-state index >= 15 is 0 Å². The van der Waals surface area contributed by atoms with Crippen molar-refractivity contribution in [2.75, 3.05) is 6.54 Å². The number of hydrogen-bond acceptors (Lipinski definition) is 4. The standard InChI is InChI=1S/C20H21ClN2O3.ClH/c1-20(2,22)12-23-19(24)18-14(13-7-3-5-9-16(13)26-18)11-25-17-10-6-4-8-15(17)21;/h3-10H,11-12,22H2,1-2H3,(H,23,24);1H. The van der Waals surface area contributed by atoms with Gasteiger partial charge in [0.2, 0.25) is 0 Å². The lowest BCUT2D eigenvalue weighted by molar-refractivity contribution is 0.0917. The Labute approximate surface area is 169 Å². The molecule has 0 aliphatic heterocycles. The first-order valence-electron chi connectivity index (χ1n) is 8.30. The number of rotatable bonds is 6. The van der Waals surface area contributed by atoms with Crippen LogP contribution < -0.4 is 15.8 Å². The Kier molecular flexibility index (Phi) is 6.76. The number of para-hydroxylation sites is 2. The van der Waals surface area contributed by atoms with Crippen molar-refractivity contribution in [2.45, 2.75) is 26.0 Å². The molecule has 1 heterocycles. The summed E-state index contributed by atoms with van der Waals surface area (Å²) in [5.41, 5.74) is 6.72. The van der Waals surface area contributed by atoms with Crippen LogP contribution in [0.4, 0.5) is 0 Å². The molecule has 2 aromatic carbocycles. The molecule has 0 aliphatic rings. The zero-order chi connectivity index (χ0) is 18.7. The monoisotopic (exact) mass is 408 g/mol. The highest BCUT2D eigenvalue weighted by Gasteiger charge is 2.22. The number of carbonyl (C=O) groups is 1. The molecule has 7 heteroatoms. The number of carbonyl (C=O) groups excluding carboxylic acids is 1. The van der Waals surface area contributed by atoms with E-state index in [1.54, 1.807) is 12.1 Å². The number of halogens is 2. The lowest BCUT2D eigenvalue weighted by Crippen LogP contribution is -2.45. The van der Waals surface area contributed by atoms with E-state index in [4.69, 9.17) is 26.5 Å². The van der Waals surface area contributed by atoms with Crippen LogP contribution in [0, 0.1) is 0 Å². The average molecular weight is 409 g/mol. The molecule has 1 aromatic heterocycles. The van der Waals surface area contributed by atoms with Gasteiger partial charge >= 0.3 is 0 Å². The number of hydrogen-bond donors (Lipinski definition) is 2. The summed E-state index contributed by atoms with van der Waals surface area (Å²) >= 11 is 6.14. The fourth-order valence-electron chi connectivity index (χ4n) is 2.53. The van der Waals surface area contributed by atoms with Crippen LogP contribution in [0.2, 0.25) is 5.02 Å². The van der Waals surface area contributed by atoms with Gasteiger partial charge in [0.15, 0.2) is 5.76 Å². The van der Waals surface area contributed by atoms with E-state index in [-0.39, 0.29) is 30.7 Å². The fourth-order valence-corrected chi connectivity index (χ4v) is 2.72. The van der Waals surface area contributed by atoms with Gasteiger partial charge in [-0.05, 0) is 32.0 Å². The average Bonchev–Trinajstić information content (AvgIpc) is 2.97. The van der Waals surface area contributed by atoms with Gasteiger partial charge < -0.3 is 20.2 Å². The third-order valence-electron chi connectivity index (χ3n) is 3.82. The molecular weight excluding hydrogens is 387 g/mol. The zero-order valence-electron chi connectivity index (χ0n) is 15.1. The maximum atomic E-state index is 12.6. The molecule has 3 rings (SSSR count). The minimum absolute atomic E-state index is 0. The normalized spacial score (nSPS) is 11.1. The van der Waals surface area contributed by atoms with Gasteiger partial charge in [0.1, 0.15) is 17.9 Å². The maximum Gasteiger partial charge on any atom is 0.287 e. The summed E-state index contributed by atoms with van der Waals surface area (Å²) < 4.78 is 11.6. The molecule has 0 saturated heterocycles. The van der Waals surface area contributed by atoms with Crippen LogP contribution in [-0.4, -0.2) is 18.0 Å². The number of furan rings is 1. The lowest BCUT2D eigenvalue weighted by Gasteiger charge is -2.18. The van der Waals surface area contributed by atoms with Gasteiger partial charge in [0.05, 0.1) is 5.02 Å². The Morgan fingerprint density at radius 2 is 1.85 bits per heavy atom. The molecule has 0 spiro atoms. The van der Waals surface area contributed by atoms with Crippen LogP contribution in [0.25, 0.3) is 11.0 Å².